The Kier molecular flexibility index (Phi) is 3.23. The van der Waals surface area contributed by atoms with E-state index >= 15 is 0 Å². The van der Waals surface area contributed by atoms with E-state index < -0.39 is 0 Å². The van der Waals surface area contributed by atoms with Gasteiger partial charge in [-0.2, -0.15) is 10.5 Å². The van der Waals surface area contributed by atoms with Crippen molar-refractivity contribution in [2.45, 2.75) is 0 Å². The fourth-order valence-corrected chi connectivity index (χ4v) is 3.06. The standard InChI is InChI=1S/C17H8N2OS/c18-9-11(10-19)14-8-15(16-6-3-7-21-16)17(20)13-5-2-1-4-12(13)14/h1-8H. The van der Waals surface area contributed by atoms with Gasteiger partial charge in [0.15, 0.2) is 5.78 Å². The lowest BCUT2D eigenvalue weighted by Gasteiger charge is -2.17. The molecular formula is C17H8N2OS. The van der Waals surface area contributed by atoms with Gasteiger partial charge in [-0.3, -0.25) is 4.79 Å². The Morgan fingerprint density at radius 3 is 2.33 bits per heavy atom. The third-order valence-electron chi connectivity index (χ3n) is 3.27. The molecule has 1 aromatic carbocycles. The Bertz CT molecular complexity index is 858. The van der Waals surface area contributed by atoms with Crippen molar-refractivity contribution < 1.29 is 4.79 Å². The van der Waals surface area contributed by atoms with Crippen LogP contribution in [0.4, 0.5) is 0 Å². The first-order chi connectivity index (χ1) is 10.3. The highest BCUT2D eigenvalue weighted by Gasteiger charge is 2.26. The maximum atomic E-state index is 12.6. The number of hydrogen-bond acceptors (Lipinski definition) is 4. The van der Waals surface area contributed by atoms with Crippen LogP contribution in [0, 0.1) is 22.7 Å². The molecule has 98 valence electrons. The van der Waals surface area contributed by atoms with E-state index in [1.807, 2.05) is 29.7 Å². The highest BCUT2D eigenvalue weighted by atomic mass is 32.1. The van der Waals surface area contributed by atoms with Gasteiger partial charge in [0, 0.05) is 21.6 Å². The summed E-state index contributed by atoms with van der Waals surface area (Å²) in [5, 5.41) is 20.2. The molecule has 1 aliphatic rings. The molecule has 0 saturated carbocycles. The van der Waals surface area contributed by atoms with Crippen molar-refractivity contribution in [1.29, 1.82) is 10.5 Å². The first-order valence-corrected chi connectivity index (χ1v) is 7.08. The molecule has 3 nitrogen and oxygen atoms in total. The van der Waals surface area contributed by atoms with Gasteiger partial charge < -0.3 is 0 Å². The topological polar surface area (TPSA) is 64.7 Å². The lowest BCUT2D eigenvalue weighted by atomic mass is 9.84. The zero-order valence-corrected chi connectivity index (χ0v) is 11.6. The molecule has 0 bridgehead atoms. The van der Waals surface area contributed by atoms with Crippen LogP contribution in [0.3, 0.4) is 0 Å². The molecule has 0 spiro atoms. The number of benzene rings is 1. The molecule has 0 saturated heterocycles. The van der Waals surface area contributed by atoms with Gasteiger partial charge in [-0.25, -0.2) is 0 Å². The van der Waals surface area contributed by atoms with E-state index in [1.165, 1.54) is 11.3 Å². The van der Waals surface area contributed by atoms with Gasteiger partial charge in [0.1, 0.15) is 17.7 Å². The maximum absolute atomic E-state index is 12.6. The van der Waals surface area contributed by atoms with E-state index in [0.29, 0.717) is 22.3 Å². The van der Waals surface area contributed by atoms with Crippen LogP contribution in [0.15, 0.2) is 53.4 Å². The lowest BCUT2D eigenvalue weighted by Crippen LogP contribution is -2.11. The molecule has 21 heavy (non-hydrogen) atoms. The predicted octanol–water partition coefficient (Wildman–Crippen LogP) is 3.83. The molecule has 0 aliphatic heterocycles. The van der Waals surface area contributed by atoms with Gasteiger partial charge in [-0.05, 0) is 23.1 Å². The number of nitrogens with zero attached hydrogens (tertiary/aromatic N) is 2. The summed E-state index contributed by atoms with van der Waals surface area (Å²) < 4.78 is 0. The third-order valence-corrected chi connectivity index (χ3v) is 4.18. The summed E-state index contributed by atoms with van der Waals surface area (Å²) in [6, 6.07) is 14.6. The van der Waals surface area contributed by atoms with Crippen molar-refractivity contribution in [3.8, 4) is 12.1 Å². The SMILES string of the molecule is N#CC(C#N)=C1C=C(c2cccs2)C(=O)c2ccccc21. The summed E-state index contributed by atoms with van der Waals surface area (Å²) in [7, 11) is 0. The number of fused-ring (bicyclic) bond motifs is 1. The number of Topliss-reactive ketones (excluding diaryl/α,β-unsaturated/α-hetero) is 1. The van der Waals surface area contributed by atoms with Gasteiger partial charge in [0.05, 0.1) is 0 Å². The Labute approximate surface area is 125 Å². The van der Waals surface area contributed by atoms with E-state index in [-0.39, 0.29) is 11.4 Å². The average molecular weight is 288 g/mol. The zero-order valence-electron chi connectivity index (χ0n) is 10.8. The molecule has 0 amide bonds. The van der Waals surface area contributed by atoms with E-state index in [9.17, 15) is 4.79 Å². The summed E-state index contributed by atoms with van der Waals surface area (Å²) in [5.74, 6) is -0.0768. The van der Waals surface area contributed by atoms with Gasteiger partial charge in [0.2, 0.25) is 0 Å². The van der Waals surface area contributed by atoms with Crippen LogP contribution in [-0.2, 0) is 0 Å². The molecule has 3 rings (SSSR count). The Morgan fingerprint density at radius 2 is 1.71 bits per heavy atom. The molecule has 0 N–H and O–H groups in total. The maximum Gasteiger partial charge on any atom is 0.195 e. The van der Waals surface area contributed by atoms with Gasteiger partial charge in [0.25, 0.3) is 0 Å². The van der Waals surface area contributed by atoms with Gasteiger partial charge >= 0.3 is 0 Å². The largest absolute Gasteiger partial charge is 0.289 e. The minimum atomic E-state index is -0.0768. The number of thiophene rings is 1. The smallest absolute Gasteiger partial charge is 0.195 e. The summed E-state index contributed by atoms with van der Waals surface area (Å²) >= 11 is 1.46. The fraction of sp³-hybridized carbons (Fsp3) is 0. The molecule has 1 heterocycles. The van der Waals surface area contributed by atoms with Crippen molar-refractivity contribution in [3.05, 3.63) is 69.4 Å². The second-order valence-electron chi connectivity index (χ2n) is 4.42. The van der Waals surface area contributed by atoms with Crippen LogP contribution in [0.5, 0.6) is 0 Å². The Morgan fingerprint density at radius 1 is 1.00 bits per heavy atom. The van der Waals surface area contributed by atoms with Crippen LogP contribution in [0.25, 0.3) is 11.1 Å². The monoisotopic (exact) mass is 288 g/mol. The first kappa shape index (κ1) is 13.1. The summed E-state index contributed by atoms with van der Waals surface area (Å²) in [5.41, 5.74) is 2.23. The van der Waals surface area contributed by atoms with Crippen molar-refractivity contribution >= 4 is 28.3 Å². The molecule has 0 atom stereocenters. The van der Waals surface area contributed by atoms with Crippen LogP contribution in [0.1, 0.15) is 20.8 Å². The van der Waals surface area contributed by atoms with E-state index in [1.54, 1.807) is 30.3 Å². The van der Waals surface area contributed by atoms with Crippen LogP contribution < -0.4 is 0 Å². The number of allylic oxidation sites excluding steroid dienone is 4. The van der Waals surface area contributed by atoms with Crippen LogP contribution >= 0.6 is 11.3 Å². The minimum Gasteiger partial charge on any atom is -0.289 e. The van der Waals surface area contributed by atoms with Crippen molar-refractivity contribution in [3.63, 3.8) is 0 Å². The highest BCUT2D eigenvalue weighted by molar-refractivity contribution is 7.11. The number of nitriles is 2. The van der Waals surface area contributed by atoms with E-state index in [4.69, 9.17) is 10.5 Å². The van der Waals surface area contributed by atoms with Crippen molar-refractivity contribution in [2.75, 3.05) is 0 Å². The van der Waals surface area contributed by atoms with Crippen molar-refractivity contribution in [1.82, 2.24) is 0 Å². The molecule has 4 heteroatoms. The third kappa shape index (κ3) is 2.08. The number of carbonyl (C=O) groups excluding carboxylic acids is 1. The number of ketones is 1. The molecule has 2 aromatic rings. The van der Waals surface area contributed by atoms with E-state index in [0.717, 1.165) is 4.88 Å². The second kappa shape index (κ2) is 5.20. The molecule has 1 aliphatic carbocycles. The second-order valence-corrected chi connectivity index (χ2v) is 5.37. The summed E-state index contributed by atoms with van der Waals surface area (Å²) in [6.07, 6.45) is 1.65. The highest BCUT2D eigenvalue weighted by Crippen LogP contribution is 2.36. The molecule has 0 radical (unpaired) electrons. The zero-order chi connectivity index (χ0) is 14.8. The van der Waals surface area contributed by atoms with Crippen molar-refractivity contribution in [2.24, 2.45) is 0 Å². The summed E-state index contributed by atoms with van der Waals surface area (Å²) in [4.78, 5) is 13.4. The fourth-order valence-electron chi connectivity index (χ4n) is 2.32. The number of carbonyl (C=O) groups is 1. The van der Waals surface area contributed by atoms with E-state index in [2.05, 4.69) is 0 Å². The van der Waals surface area contributed by atoms with Crippen LogP contribution in [0.2, 0.25) is 0 Å². The van der Waals surface area contributed by atoms with Gasteiger partial charge in [-0.1, -0.05) is 30.3 Å². The number of hydrogen-bond donors (Lipinski definition) is 0. The number of rotatable bonds is 1. The molecular weight excluding hydrogens is 280 g/mol. The molecule has 0 fully saturated rings. The predicted molar refractivity (Wildman–Crippen MR) is 81.2 cm³/mol. The van der Waals surface area contributed by atoms with Crippen LogP contribution in [-0.4, -0.2) is 5.78 Å². The molecule has 1 aromatic heterocycles. The first-order valence-electron chi connectivity index (χ1n) is 6.20. The summed E-state index contributed by atoms with van der Waals surface area (Å²) in [6.45, 7) is 0. The Balaban J connectivity index is 2.33. The average Bonchev–Trinajstić information content (AvgIpc) is 3.05. The normalized spacial score (nSPS) is 13.0. The Hall–Kier alpha value is -2.95. The minimum absolute atomic E-state index is 0.0176. The quantitative estimate of drug-likeness (QED) is 0.749. The molecule has 0 unspecified atom stereocenters. The van der Waals surface area contributed by atoms with Gasteiger partial charge in [-0.15, -0.1) is 11.3 Å². The lowest BCUT2D eigenvalue weighted by molar-refractivity contribution is 0.105.